The van der Waals surface area contributed by atoms with Gasteiger partial charge in [0.1, 0.15) is 0 Å². The van der Waals surface area contributed by atoms with Gasteiger partial charge >= 0.3 is 0 Å². The standard InChI is InChI=1S/C16H21ClN2O/c1-16(2)6-4-3-5-14(16)18-13-7-10-8-15(20)19-12(10)9-11(13)17/h7,9,14,18H,3-6,8H2,1-2H3,(H,19,20). The molecule has 1 aromatic carbocycles. The van der Waals surface area contributed by atoms with Gasteiger partial charge in [0, 0.05) is 11.7 Å². The second-order valence-corrected chi connectivity index (χ2v) is 7.05. The zero-order valence-corrected chi connectivity index (χ0v) is 12.8. The maximum atomic E-state index is 11.4. The molecule has 1 fully saturated rings. The van der Waals surface area contributed by atoms with Gasteiger partial charge in [-0.15, -0.1) is 0 Å². The zero-order chi connectivity index (χ0) is 14.3. The van der Waals surface area contributed by atoms with Crippen LogP contribution in [0.15, 0.2) is 12.1 Å². The van der Waals surface area contributed by atoms with E-state index in [0.29, 0.717) is 17.5 Å². The molecular weight excluding hydrogens is 272 g/mol. The van der Waals surface area contributed by atoms with Crippen molar-refractivity contribution in [2.75, 3.05) is 10.6 Å². The average Bonchev–Trinajstić information content (AvgIpc) is 2.71. The van der Waals surface area contributed by atoms with Crippen LogP contribution in [0.25, 0.3) is 0 Å². The fourth-order valence-electron chi connectivity index (χ4n) is 3.31. The molecule has 3 nitrogen and oxygen atoms in total. The zero-order valence-electron chi connectivity index (χ0n) is 12.1. The molecular formula is C16H21ClN2O. The molecule has 1 unspecified atom stereocenters. The van der Waals surface area contributed by atoms with E-state index < -0.39 is 0 Å². The first-order valence-electron chi connectivity index (χ1n) is 7.34. The van der Waals surface area contributed by atoms with E-state index in [4.69, 9.17) is 11.6 Å². The van der Waals surface area contributed by atoms with Crippen molar-refractivity contribution in [1.29, 1.82) is 0 Å². The highest BCUT2D eigenvalue weighted by molar-refractivity contribution is 6.33. The number of halogens is 1. The maximum Gasteiger partial charge on any atom is 0.228 e. The van der Waals surface area contributed by atoms with Gasteiger partial charge < -0.3 is 10.6 Å². The van der Waals surface area contributed by atoms with E-state index in [0.717, 1.165) is 16.9 Å². The SMILES string of the molecule is CC1(C)CCCCC1Nc1cc2c(cc1Cl)NC(=O)C2. The van der Waals surface area contributed by atoms with E-state index in [9.17, 15) is 4.79 Å². The number of amides is 1. The number of benzene rings is 1. The van der Waals surface area contributed by atoms with Crippen LogP contribution in [0.5, 0.6) is 0 Å². The fraction of sp³-hybridized carbons (Fsp3) is 0.562. The molecule has 0 bridgehead atoms. The maximum absolute atomic E-state index is 11.4. The molecule has 1 aromatic rings. The van der Waals surface area contributed by atoms with Gasteiger partial charge in [0.25, 0.3) is 0 Å². The molecule has 1 amide bonds. The minimum absolute atomic E-state index is 0.0474. The quantitative estimate of drug-likeness (QED) is 0.857. The highest BCUT2D eigenvalue weighted by Crippen LogP contribution is 2.40. The molecule has 1 saturated carbocycles. The Morgan fingerprint density at radius 2 is 2.15 bits per heavy atom. The monoisotopic (exact) mass is 292 g/mol. The molecule has 0 radical (unpaired) electrons. The first kappa shape index (κ1) is 13.7. The topological polar surface area (TPSA) is 41.1 Å². The van der Waals surface area contributed by atoms with Crippen LogP contribution in [0.1, 0.15) is 45.1 Å². The number of carbonyl (C=O) groups is 1. The van der Waals surface area contributed by atoms with Crippen LogP contribution >= 0.6 is 11.6 Å². The number of rotatable bonds is 2. The van der Waals surface area contributed by atoms with Gasteiger partial charge in [-0.1, -0.05) is 38.3 Å². The van der Waals surface area contributed by atoms with Crippen LogP contribution in [0.2, 0.25) is 5.02 Å². The van der Waals surface area contributed by atoms with E-state index in [2.05, 4.69) is 24.5 Å². The number of anilines is 2. The van der Waals surface area contributed by atoms with Crippen molar-refractivity contribution in [3.63, 3.8) is 0 Å². The Labute approximate surface area is 125 Å². The minimum Gasteiger partial charge on any atom is -0.381 e. The van der Waals surface area contributed by atoms with Crippen LogP contribution in [-0.4, -0.2) is 11.9 Å². The summed E-state index contributed by atoms with van der Waals surface area (Å²) in [5.74, 6) is 0.0474. The number of hydrogen-bond donors (Lipinski definition) is 2. The Hall–Kier alpha value is -1.22. The van der Waals surface area contributed by atoms with Gasteiger partial charge in [-0.25, -0.2) is 0 Å². The largest absolute Gasteiger partial charge is 0.381 e. The van der Waals surface area contributed by atoms with Crippen molar-refractivity contribution in [2.45, 2.75) is 52.0 Å². The van der Waals surface area contributed by atoms with Crippen molar-refractivity contribution < 1.29 is 4.79 Å². The molecule has 20 heavy (non-hydrogen) atoms. The molecule has 3 rings (SSSR count). The highest BCUT2D eigenvalue weighted by atomic mass is 35.5. The van der Waals surface area contributed by atoms with Crippen LogP contribution in [0.4, 0.5) is 11.4 Å². The highest BCUT2D eigenvalue weighted by Gasteiger charge is 2.32. The Morgan fingerprint density at radius 1 is 1.35 bits per heavy atom. The van der Waals surface area contributed by atoms with Gasteiger partial charge in [0.2, 0.25) is 5.91 Å². The number of nitrogens with one attached hydrogen (secondary N) is 2. The Balaban J connectivity index is 1.84. The lowest BCUT2D eigenvalue weighted by Crippen LogP contribution is -2.39. The summed E-state index contributed by atoms with van der Waals surface area (Å²) >= 11 is 6.35. The molecule has 0 aromatic heterocycles. The smallest absolute Gasteiger partial charge is 0.228 e. The summed E-state index contributed by atoms with van der Waals surface area (Å²) in [5, 5.41) is 7.13. The predicted molar refractivity (Wildman–Crippen MR) is 83.4 cm³/mol. The number of carbonyl (C=O) groups excluding carboxylic acids is 1. The summed E-state index contributed by atoms with van der Waals surface area (Å²) in [6.45, 7) is 4.63. The van der Waals surface area contributed by atoms with Crippen LogP contribution in [0, 0.1) is 5.41 Å². The minimum atomic E-state index is 0.0474. The Kier molecular flexibility index (Phi) is 3.41. The first-order chi connectivity index (χ1) is 9.45. The molecule has 4 heteroatoms. The van der Waals surface area contributed by atoms with Gasteiger partial charge in [0.15, 0.2) is 0 Å². The van der Waals surface area contributed by atoms with Crippen molar-refractivity contribution in [3.8, 4) is 0 Å². The Morgan fingerprint density at radius 3 is 2.90 bits per heavy atom. The second kappa shape index (κ2) is 4.96. The lowest BCUT2D eigenvalue weighted by atomic mass is 9.73. The van der Waals surface area contributed by atoms with E-state index in [1.807, 2.05) is 12.1 Å². The summed E-state index contributed by atoms with van der Waals surface area (Å²) in [6.07, 6.45) is 5.45. The lowest BCUT2D eigenvalue weighted by Gasteiger charge is -2.39. The van der Waals surface area contributed by atoms with Gasteiger partial charge in [-0.05, 0) is 36.0 Å². The average molecular weight is 293 g/mol. The molecule has 1 aliphatic carbocycles. The molecule has 108 valence electrons. The number of hydrogen-bond acceptors (Lipinski definition) is 2. The Bertz CT molecular complexity index is 554. The van der Waals surface area contributed by atoms with E-state index in [1.165, 1.54) is 25.7 Å². The van der Waals surface area contributed by atoms with Crippen LogP contribution in [0.3, 0.4) is 0 Å². The third-order valence-corrected chi connectivity index (χ3v) is 4.97. The van der Waals surface area contributed by atoms with Crippen molar-refractivity contribution in [2.24, 2.45) is 5.41 Å². The normalized spacial score (nSPS) is 24.1. The van der Waals surface area contributed by atoms with Crippen LogP contribution in [-0.2, 0) is 11.2 Å². The van der Waals surface area contributed by atoms with E-state index in [-0.39, 0.29) is 11.3 Å². The predicted octanol–water partition coefficient (Wildman–Crippen LogP) is 4.22. The number of fused-ring (bicyclic) bond motifs is 1. The summed E-state index contributed by atoms with van der Waals surface area (Å²) < 4.78 is 0. The summed E-state index contributed by atoms with van der Waals surface area (Å²) in [7, 11) is 0. The van der Waals surface area contributed by atoms with Crippen molar-refractivity contribution in [1.82, 2.24) is 0 Å². The molecule has 1 atom stereocenters. The fourth-order valence-corrected chi connectivity index (χ4v) is 3.53. The van der Waals surface area contributed by atoms with Crippen LogP contribution < -0.4 is 10.6 Å². The molecule has 2 N–H and O–H groups in total. The molecule has 2 aliphatic rings. The molecule has 1 aliphatic heterocycles. The molecule has 0 saturated heterocycles. The lowest BCUT2D eigenvalue weighted by molar-refractivity contribution is -0.115. The third kappa shape index (κ3) is 2.51. The van der Waals surface area contributed by atoms with Gasteiger partial charge in [-0.2, -0.15) is 0 Å². The van der Waals surface area contributed by atoms with E-state index >= 15 is 0 Å². The van der Waals surface area contributed by atoms with E-state index in [1.54, 1.807) is 0 Å². The molecule has 1 heterocycles. The molecule has 0 spiro atoms. The third-order valence-electron chi connectivity index (χ3n) is 4.65. The van der Waals surface area contributed by atoms with Gasteiger partial charge in [0.05, 0.1) is 17.1 Å². The summed E-state index contributed by atoms with van der Waals surface area (Å²) in [4.78, 5) is 11.4. The van der Waals surface area contributed by atoms with Crippen molar-refractivity contribution >= 4 is 28.9 Å². The first-order valence-corrected chi connectivity index (χ1v) is 7.72. The second-order valence-electron chi connectivity index (χ2n) is 6.65. The summed E-state index contributed by atoms with van der Waals surface area (Å²) in [6, 6.07) is 4.33. The van der Waals surface area contributed by atoms with Gasteiger partial charge in [-0.3, -0.25) is 4.79 Å². The summed E-state index contributed by atoms with van der Waals surface area (Å²) in [5.41, 5.74) is 3.14. The van der Waals surface area contributed by atoms with Crippen molar-refractivity contribution in [3.05, 3.63) is 22.7 Å².